The lowest BCUT2D eigenvalue weighted by atomic mass is 9.96. The van der Waals surface area contributed by atoms with Gasteiger partial charge in [-0.3, -0.25) is 4.79 Å². The molecule has 4 rings (SSSR count). The second-order valence-corrected chi connectivity index (χ2v) is 7.85. The molecule has 2 aliphatic heterocycles. The van der Waals surface area contributed by atoms with Crippen LogP contribution in [-0.2, 0) is 22.4 Å². The number of piperidine rings is 1. The number of likely N-dealkylation sites (tertiary alicyclic amines) is 1. The number of fused-ring (bicyclic) bond motifs is 1. The zero-order chi connectivity index (χ0) is 14.9. The quantitative estimate of drug-likeness (QED) is 0.841. The Morgan fingerprint density at radius 2 is 1.95 bits per heavy atom. The Labute approximate surface area is 135 Å². The molecule has 120 valence electrons. The lowest BCUT2D eigenvalue weighted by Crippen LogP contribution is -2.43. The molecule has 3 heterocycles. The van der Waals surface area contributed by atoms with E-state index >= 15 is 0 Å². The van der Waals surface area contributed by atoms with E-state index in [0.29, 0.717) is 5.92 Å². The molecule has 1 aliphatic carbocycles. The highest BCUT2D eigenvalue weighted by molar-refractivity contribution is 7.11. The zero-order valence-electron chi connectivity index (χ0n) is 13.1. The molecule has 1 unspecified atom stereocenters. The fourth-order valence-electron chi connectivity index (χ4n) is 3.87. The van der Waals surface area contributed by atoms with E-state index in [0.717, 1.165) is 45.4 Å². The topological polar surface area (TPSA) is 42.4 Å². The van der Waals surface area contributed by atoms with Gasteiger partial charge in [0.05, 0.1) is 10.7 Å². The summed E-state index contributed by atoms with van der Waals surface area (Å²) in [7, 11) is 0. The maximum atomic E-state index is 12.4. The van der Waals surface area contributed by atoms with Crippen LogP contribution in [0.25, 0.3) is 0 Å². The first-order valence-electron chi connectivity index (χ1n) is 8.70. The van der Waals surface area contributed by atoms with Gasteiger partial charge < -0.3 is 9.64 Å². The van der Waals surface area contributed by atoms with Crippen molar-refractivity contribution in [2.75, 3.05) is 19.7 Å². The molecule has 5 heteroatoms. The molecule has 1 aromatic heterocycles. The molecule has 1 atom stereocenters. The van der Waals surface area contributed by atoms with Crippen molar-refractivity contribution < 1.29 is 9.53 Å². The van der Waals surface area contributed by atoms with Crippen molar-refractivity contribution in [1.29, 1.82) is 0 Å². The molecule has 4 nitrogen and oxygen atoms in total. The summed E-state index contributed by atoms with van der Waals surface area (Å²) in [6.07, 6.45) is 8.90. The average Bonchev–Trinajstić information content (AvgIpc) is 3.23. The number of carbonyl (C=O) groups excluding carboxylic acids is 1. The minimum atomic E-state index is -0.163. The van der Waals surface area contributed by atoms with Gasteiger partial charge >= 0.3 is 0 Å². The van der Waals surface area contributed by atoms with Crippen molar-refractivity contribution in [2.45, 2.75) is 63.4 Å². The summed E-state index contributed by atoms with van der Waals surface area (Å²) in [6.45, 7) is 2.48. The summed E-state index contributed by atoms with van der Waals surface area (Å²) < 4.78 is 5.53. The van der Waals surface area contributed by atoms with E-state index in [4.69, 9.17) is 9.72 Å². The molecule has 0 bridgehead atoms. The Bertz CT molecular complexity index is 519. The maximum absolute atomic E-state index is 12.4. The molecule has 1 aromatic rings. The summed E-state index contributed by atoms with van der Waals surface area (Å²) in [5.41, 5.74) is 1.36. The zero-order valence-corrected chi connectivity index (χ0v) is 13.9. The van der Waals surface area contributed by atoms with Crippen LogP contribution in [-0.4, -0.2) is 41.6 Å². The minimum Gasteiger partial charge on any atom is -0.368 e. The fourth-order valence-corrected chi connectivity index (χ4v) is 5.19. The average molecular weight is 320 g/mol. The lowest BCUT2D eigenvalue weighted by Gasteiger charge is -2.32. The summed E-state index contributed by atoms with van der Waals surface area (Å²) in [4.78, 5) is 20.8. The second kappa shape index (κ2) is 6.28. The van der Waals surface area contributed by atoms with E-state index in [-0.39, 0.29) is 12.0 Å². The predicted octanol–water partition coefficient (Wildman–Crippen LogP) is 2.91. The monoisotopic (exact) mass is 320 g/mol. The van der Waals surface area contributed by atoms with Crippen LogP contribution in [0.1, 0.15) is 60.0 Å². The predicted molar refractivity (Wildman–Crippen MR) is 86.3 cm³/mol. The lowest BCUT2D eigenvalue weighted by molar-refractivity contribution is -0.142. The van der Waals surface area contributed by atoms with E-state index in [9.17, 15) is 4.79 Å². The molecule has 0 N–H and O–H groups in total. The van der Waals surface area contributed by atoms with Crippen LogP contribution in [0.5, 0.6) is 0 Å². The number of ether oxygens (including phenoxy) is 1. The first-order valence-corrected chi connectivity index (χ1v) is 9.52. The number of aromatic nitrogens is 1. The van der Waals surface area contributed by atoms with Crippen molar-refractivity contribution in [3.63, 3.8) is 0 Å². The van der Waals surface area contributed by atoms with Crippen LogP contribution in [0.15, 0.2) is 0 Å². The molecule has 0 saturated carbocycles. The molecule has 0 radical (unpaired) electrons. The van der Waals surface area contributed by atoms with Crippen LogP contribution >= 0.6 is 11.3 Å². The molecular formula is C17H24N2O2S. The van der Waals surface area contributed by atoms with Crippen LogP contribution in [0.3, 0.4) is 0 Å². The van der Waals surface area contributed by atoms with E-state index in [1.165, 1.54) is 41.3 Å². The number of amides is 1. The molecular weight excluding hydrogens is 296 g/mol. The van der Waals surface area contributed by atoms with Gasteiger partial charge in [0.15, 0.2) is 0 Å². The number of carbonyl (C=O) groups is 1. The highest BCUT2D eigenvalue weighted by Gasteiger charge is 2.32. The standard InChI is InChI=1S/C17H24N2O2S/c20-17(14-5-3-11-21-14)19-9-7-12(8-10-19)16-18-13-4-1-2-6-15(13)22-16/h12,14H,1-11H2. The highest BCUT2D eigenvalue weighted by Crippen LogP contribution is 2.35. The van der Waals surface area contributed by atoms with Gasteiger partial charge in [-0.05, 0) is 51.4 Å². The first kappa shape index (κ1) is 14.6. The van der Waals surface area contributed by atoms with E-state index < -0.39 is 0 Å². The minimum absolute atomic E-state index is 0.163. The summed E-state index contributed by atoms with van der Waals surface area (Å²) >= 11 is 1.94. The Morgan fingerprint density at radius 1 is 1.14 bits per heavy atom. The van der Waals surface area contributed by atoms with Crippen LogP contribution in [0, 0.1) is 0 Å². The summed E-state index contributed by atoms with van der Waals surface area (Å²) in [5, 5.41) is 1.33. The van der Waals surface area contributed by atoms with Crippen molar-refractivity contribution >= 4 is 17.2 Å². The van der Waals surface area contributed by atoms with E-state index in [1.54, 1.807) is 0 Å². The van der Waals surface area contributed by atoms with Crippen LogP contribution < -0.4 is 0 Å². The SMILES string of the molecule is O=C(C1CCCO1)N1CCC(c2nc3c(s2)CCCC3)CC1. The largest absolute Gasteiger partial charge is 0.368 e. The molecule has 22 heavy (non-hydrogen) atoms. The number of hydrogen-bond donors (Lipinski definition) is 0. The number of hydrogen-bond acceptors (Lipinski definition) is 4. The van der Waals surface area contributed by atoms with Crippen molar-refractivity contribution in [1.82, 2.24) is 9.88 Å². The molecule has 0 aromatic carbocycles. The normalized spacial score (nSPS) is 26.2. The molecule has 0 spiro atoms. The van der Waals surface area contributed by atoms with Crippen molar-refractivity contribution in [3.05, 3.63) is 15.6 Å². The van der Waals surface area contributed by atoms with Crippen LogP contribution in [0.2, 0.25) is 0 Å². The van der Waals surface area contributed by atoms with Gasteiger partial charge in [-0.15, -0.1) is 11.3 Å². The molecule has 1 amide bonds. The Morgan fingerprint density at radius 3 is 2.68 bits per heavy atom. The Kier molecular flexibility index (Phi) is 4.18. The maximum Gasteiger partial charge on any atom is 0.251 e. The van der Waals surface area contributed by atoms with Gasteiger partial charge in [0.25, 0.3) is 5.91 Å². The number of thiazole rings is 1. The van der Waals surface area contributed by atoms with Gasteiger partial charge in [-0.25, -0.2) is 4.98 Å². The van der Waals surface area contributed by atoms with Gasteiger partial charge in [-0.2, -0.15) is 0 Å². The third kappa shape index (κ3) is 2.81. The van der Waals surface area contributed by atoms with E-state index in [1.807, 2.05) is 16.2 Å². The number of nitrogens with zero attached hydrogens (tertiary/aromatic N) is 2. The molecule has 3 aliphatic rings. The number of rotatable bonds is 2. The third-order valence-electron chi connectivity index (χ3n) is 5.22. The van der Waals surface area contributed by atoms with E-state index in [2.05, 4.69) is 0 Å². The second-order valence-electron chi connectivity index (χ2n) is 6.73. The van der Waals surface area contributed by atoms with Gasteiger partial charge in [-0.1, -0.05) is 0 Å². The summed E-state index contributed by atoms with van der Waals surface area (Å²) in [5.74, 6) is 0.776. The fraction of sp³-hybridized carbons (Fsp3) is 0.765. The molecule has 2 saturated heterocycles. The van der Waals surface area contributed by atoms with Gasteiger partial charge in [0, 0.05) is 30.5 Å². The Balaban J connectivity index is 1.37. The number of aryl methyl sites for hydroxylation is 2. The smallest absolute Gasteiger partial charge is 0.251 e. The van der Waals surface area contributed by atoms with Gasteiger partial charge in [0.2, 0.25) is 0 Å². The highest BCUT2D eigenvalue weighted by atomic mass is 32.1. The third-order valence-corrected chi connectivity index (χ3v) is 6.54. The van der Waals surface area contributed by atoms with Gasteiger partial charge in [0.1, 0.15) is 6.10 Å². The Hall–Kier alpha value is -0.940. The summed E-state index contributed by atoms with van der Waals surface area (Å²) in [6, 6.07) is 0. The van der Waals surface area contributed by atoms with Crippen LogP contribution in [0.4, 0.5) is 0 Å². The van der Waals surface area contributed by atoms with Crippen molar-refractivity contribution in [3.8, 4) is 0 Å². The first-order chi connectivity index (χ1) is 10.8. The molecule has 2 fully saturated rings. The van der Waals surface area contributed by atoms with Crippen molar-refractivity contribution in [2.24, 2.45) is 0 Å².